The second kappa shape index (κ2) is 14.1. The number of likely N-dealkylation sites (tertiary alicyclic amines) is 1. The summed E-state index contributed by atoms with van der Waals surface area (Å²) in [6.45, 7) is 0.957. The van der Waals surface area contributed by atoms with E-state index in [1.807, 2.05) is 29.9 Å². The number of carbonyl (C=O) groups is 4. The second-order valence-corrected chi connectivity index (χ2v) is 13.3. The SMILES string of the molecule is Br.CN1CCCC1=O.C[N+]1(C)[C@@H]2CC(OC(=O)C(O)(c3cccs3)c3cccs3)C[C@H]1[C@@H]1O[C@@H]12.O=C(O)CC(O)C(=O)O. The minimum atomic E-state index is -1.79. The quantitative estimate of drug-likeness (QED) is 0.190. The third kappa shape index (κ3) is 7.64. The summed E-state index contributed by atoms with van der Waals surface area (Å²) in [5, 5.41) is 39.2. The monoisotopic (exact) mass is 705 g/mol. The van der Waals surface area contributed by atoms with Gasteiger partial charge in [-0.25, -0.2) is 9.59 Å². The highest BCUT2D eigenvalue weighted by Gasteiger charge is 2.71. The number of quaternary nitrogens is 1. The summed E-state index contributed by atoms with van der Waals surface area (Å²) in [5.41, 5.74) is -1.72. The highest BCUT2D eigenvalue weighted by molar-refractivity contribution is 8.93. The van der Waals surface area contributed by atoms with Crippen LogP contribution < -0.4 is 0 Å². The van der Waals surface area contributed by atoms with Crippen molar-refractivity contribution in [2.45, 2.75) is 74.2 Å². The Hall–Kier alpha value is -2.40. The second-order valence-electron chi connectivity index (χ2n) is 11.4. The molecule has 43 heavy (non-hydrogen) atoms. The number of thiophene rings is 2. The van der Waals surface area contributed by atoms with Crippen LogP contribution in [0.2, 0.25) is 0 Å². The van der Waals surface area contributed by atoms with Gasteiger partial charge in [-0.2, -0.15) is 0 Å². The highest BCUT2D eigenvalue weighted by atomic mass is 79.9. The van der Waals surface area contributed by atoms with Gasteiger partial charge in [0.2, 0.25) is 11.5 Å². The molecule has 4 saturated heterocycles. The predicted octanol–water partition coefficient (Wildman–Crippen LogP) is 2.07. The number of amides is 1. The van der Waals surface area contributed by atoms with Crippen molar-refractivity contribution in [3.63, 3.8) is 0 Å². The van der Waals surface area contributed by atoms with Gasteiger partial charge in [-0.3, -0.25) is 9.59 Å². The Morgan fingerprint density at radius 1 is 1.09 bits per heavy atom. The van der Waals surface area contributed by atoms with Crippen LogP contribution in [0, 0.1) is 0 Å². The molecule has 2 unspecified atom stereocenters. The lowest BCUT2D eigenvalue weighted by atomic mass is 9.95. The van der Waals surface area contributed by atoms with Gasteiger partial charge in [0.1, 0.15) is 30.4 Å². The number of piperidine rings is 1. The van der Waals surface area contributed by atoms with E-state index in [9.17, 15) is 24.3 Å². The van der Waals surface area contributed by atoms with E-state index < -0.39 is 36.0 Å². The minimum absolute atomic E-state index is 0. The molecule has 1 amide bonds. The number of likely N-dealkylation sites (N-methyl/N-ethyl adjacent to an activating group) is 1. The summed E-state index contributed by atoms with van der Waals surface area (Å²) in [6, 6.07) is 8.01. The molecule has 4 fully saturated rings. The Morgan fingerprint density at radius 3 is 1.95 bits per heavy atom. The lowest BCUT2D eigenvalue weighted by Gasteiger charge is -2.45. The molecule has 2 bridgehead atoms. The number of carbonyl (C=O) groups excluding carboxylic acids is 2. The number of hydrogen-bond donors (Lipinski definition) is 4. The zero-order valence-electron chi connectivity index (χ0n) is 24.0. The van der Waals surface area contributed by atoms with Crippen LogP contribution in [-0.2, 0) is 34.3 Å². The van der Waals surface area contributed by atoms with Crippen molar-refractivity contribution in [2.24, 2.45) is 0 Å². The molecule has 0 radical (unpaired) electrons. The smallest absolute Gasteiger partial charge is 0.349 e. The van der Waals surface area contributed by atoms with E-state index in [-0.39, 0.29) is 23.1 Å². The third-order valence-electron chi connectivity index (χ3n) is 8.33. The van der Waals surface area contributed by atoms with E-state index in [1.54, 1.807) is 17.0 Å². The maximum atomic E-state index is 13.1. The molecule has 0 spiro atoms. The number of hydrogen-bond acceptors (Lipinski definition) is 10. The Labute approximate surface area is 267 Å². The first-order valence-electron chi connectivity index (χ1n) is 13.6. The van der Waals surface area contributed by atoms with Crippen LogP contribution in [0.1, 0.15) is 41.9 Å². The zero-order chi connectivity index (χ0) is 30.8. The zero-order valence-corrected chi connectivity index (χ0v) is 27.4. The Morgan fingerprint density at radius 2 is 1.63 bits per heavy atom. The van der Waals surface area contributed by atoms with E-state index in [1.165, 1.54) is 22.7 Å². The van der Waals surface area contributed by atoms with E-state index >= 15 is 0 Å². The first kappa shape index (κ1) is 35.1. The van der Waals surface area contributed by atoms with Gasteiger partial charge in [0.25, 0.3) is 0 Å². The largest absolute Gasteiger partial charge is 0.481 e. The average molecular weight is 707 g/mol. The van der Waals surface area contributed by atoms with Gasteiger partial charge in [-0.05, 0) is 29.3 Å². The van der Waals surface area contributed by atoms with E-state index in [4.69, 9.17) is 24.8 Å². The number of esters is 1. The van der Waals surface area contributed by atoms with Gasteiger partial charge in [0.15, 0.2) is 6.10 Å². The molecule has 0 aromatic carbocycles. The first-order valence-corrected chi connectivity index (χ1v) is 15.4. The van der Waals surface area contributed by atoms with Crippen LogP contribution in [0.5, 0.6) is 0 Å². The standard InChI is InChI=1S/C19H22NO4S2.C5H9NO.C4H6O5.BrH/c1-20(2)12-9-11(10-13(20)17-16(12)24-17)23-18(21)19(22,14-5-3-7-25-14)15-6-4-8-26-15;1-6-4-2-3-5(6)7;5-2(4(8)9)1-3(6)7;/h3-8,11-13,16-17,22H,9-10H2,1-2H3;2-4H2,1H3;2,5H,1H2,(H,6,7)(H,8,9);1H/q+1;;;/t11?,12-,13+,16-,17+;;;. The number of halogens is 1. The van der Waals surface area contributed by atoms with Gasteiger partial charge in [0.05, 0.1) is 30.3 Å². The average Bonchev–Trinajstić information content (AvgIpc) is 3.33. The fourth-order valence-corrected chi connectivity index (χ4v) is 7.58. The number of fused-ring (bicyclic) bond motifs is 5. The molecule has 4 N–H and O–H groups in total. The van der Waals surface area contributed by atoms with Crippen molar-refractivity contribution in [2.75, 3.05) is 27.7 Å². The summed E-state index contributed by atoms with van der Waals surface area (Å²) in [5.74, 6) is -3.11. The van der Waals surface area contributed by atoms with Crippen LogP contribution in [-0.4, -0.2) is 118 Å². The lowest BCUT2D eigenvalue weighted by Crippen LogP contribution is -2.60. The van der Waals surface area contributed by atoms with Gasteiger partial charge in [-0.15, -0.1) is 39.7 Å². The van der Waals surface area contributed by atoms with Crippen LogP contribution in [0.25, 0.3) is 0 Å². The number of nitrogens with zero attached hydrogens (tertiary/aromatic N) is 2. The summed E-state index contributed by atoms with van der Waals surface area (Å²) in [7, 11) is 6.34. The molecule has 4 aliphatic rings. The maximum absolute atomic E-state index is 13.1. The van der Waals surface area contributed by atoms with Crippen LogP contribution in [0.3, 0.4) is 0 Å². The van der Waals surface area contributed by atoms with Gasteiger partial charge in [-0.1, -0.05) is 12.1 Å². The van der Waals surface area contributed by atoms with Crippen molar-refractivity contribution in [3.8, 4) is 0 Å². The molecule has 2 aromatic rings. The molecule has 0 aliphatic carbocycles. The number of rotatable bonds is 7. The number of aliphatic hydroxyl groups excluding tert-OH is 1. The highest BCUT2D eigenvalue weighted by Crippen LogP contribution is 2.52. The fraction of sp³-hybridized carbons (Fsp3) is 0.571. The third-order valence-corrected chi connectivity index (χ3v) is 10.3. The summed E-state index contributed by atoms with van der Waals surface area (Å²) in [4.78, 5) is 46.0. The van der Waals surface area contributed by atoms with Crippen LogP contribution >= 0.6 is 39.7 Å². The number of carboxylic acids is 2. The maximum Gasteiger partial charge on any atom is 0.349 e. The number of epoxide rings is 1. The molecule has 6 atom stereocenters. The number of carboxylic acid groups (broad SMARTS) is 2. The number of aliphatic carboxylic acids is 2. The van der Waals surface area contributed by atoms with Gasteiger partial charge in [0, 0.05) is 32.9 Å². The van der Waals surface area contributed by atoms with Crippen molar-refractivity contribution in [1.29, 1.82) is 0 Å². The summed E-state index contributed by atoms with van der Waals surface area (Å²) < 4.78 is 12.6. The van der Waals surface area contributed by atoms with Crippen molar-refractivity contribution < 1.29 is 53.6 Å². The Balaban J connectivity index is 0.000000247. The van der Waals surface area contributed by atoms with E-state index in [0.29, 0.717) is 40.0 Å². The number of aliphatic hydroxyl groups is 2. The molecule has 4 aliphatic heterocycles. The number of ether oxygens (including phenoxy) is 2. The van der Waals surface area contributed by atoms with Crippen molar-refractivity contribution >= 4 is 63.5 Å². The fourth-order valence-electron chi connectivity index (χ4n) is 5.87. The molecule has 6 heterocycles. The summed E-state index contributed by atoms with van der Waals surface area (Å²) in [6.07, 6.45) is 1.32. The number of morpholine rings is 1. The molecular formula is C28H38BrN2O10S2+. The molecule has 15 heteroatoms. The Kier molecular flexibility index (Phi) is 11.5. The van der Waals surface area contributed by atoms with Gasteiger partial charge < -0.3 is 39.3 Å². The molecular weight excluding hydrogens is 668 g/mol. The molecule has 12 nitrogen and oxygen atoms in total. The topological polar surface area (TPSA) is 174 Å². The molecule has 238 valence electrons. The predicted molar refractivity (Wildman–Crippen MR) is 162 cm³/mol. The molecule has 6 rings (SSSR count). The van der Waals surface area contributed by atoms with Crippen LogP contribution in [0.15, 0.2) is 35.0 Å². The van der Waals surface area contributed by atoms with E-state index in [0.717, 1.165) is 36.7 Å². The normalized spacial score (nSPS) is 26.9. The van der Waals surface area contributed by atoms with E-state index in [2.05, 4.69) is 14.1 Å². The van der Waals surface area contributed by atoms with Crippen LogP contribution in [0.4, 0.5) is 0 Å². The first-order chi connectivity index (χ1) is 19.8. The lowest BCUT2D eigenvalue weighted by molar-refractivity contribution is -0.938. The summed E-state index contributed by atoms with van der Waals surface area (Å²) >= 11 is 2.74. The van der Waals surface area contributed by atoms with Crippen molar-refractivity contribution in [3.05, 3.63) is 44.8 Å². The van der Waals surface area contributed by atoms with Crippen molar-refractivity contribution in [1.82, 2.24) is 4.90 Å². The Bertz CT molecular complexity index is 1220. The minimum Gasteiger partial charge on any atom is -0.481 e. The van der Waals surface area contributed by atoms with Gasteiger partial charge >= 0.3 is 17.9 Å². The molecule has 0 saturated carbocycles. The molecule has 2 aromatic heterocycles.